The maximum Gasteiger partial charge on any atom is 0.227 e. The number of anilines is 2. The molecule has 2 rings (SSSR count). The van der Waals surface area contributed by atoms with E-state index < -0.39 is 0 Å². The first-order valence-corrected chi connectivity index (χ1v) is 6.17. The van der Waals surface area contributed by atoms with E-state index >= 15 is 0 Å². The number of nitrogens with zero attached hydrogens (tertiary/aromatic N) is 3. The van der Waals surface area contributed by atoms with Gasteiger partial charge in [0.25, 0.3) is 0 Å². The maximum atomic E-state index is 5.80. The van der Waals surface area contributed by atoms with Crippen LogP contribution in [0.1, 0.15) is 31.4 Å². The van der Waals surface area contributed by atoms with Crippen molar-refractivity contribution in [2.45, 2.75) is 32.3 Å². The van der Waals surface area contributed by atoms with Gasteiger partial charge in [-0.1, -0.05) is 12.8 Å². The predicted octanol–water partition coefficient (Wildman–Crippen LogP) is 1.59. The number of ether oxygens (including phenoxy) is 1. The van der Waals surface area contributed by atoms with Crippen molar-refractivity contribution in [1.82, 2.24) is 9.97 Å². The molecule has 2 N–H and O–H groups in total. The summed E-state index contributed by atoms with van der Waals surface area (Å²) >= 11 is 0. The standard InChI is InChI=1S/C12H20N4O/c1-17-9-10-8-11(13)15-12(14-10)16-6-4-2-3-5-7-16/h8H,2-7,9H2,1H3,(H2,13,14,15). The summed E-state index contributed by atoms with van der Waals surface area (Å²) in [5.74, 6) is 1.27. The van der Waals surface area contributed by atoms with E-state index in [0.717, 1.165) is 24.7 Å². The molecule has 0 unspecified atom stereocenters. The van der Waals surface area contributed by atoms with Crippen LogP contribution in [0.15, 0.2) is 6.07 Å². The summed E-state index contributed by atoms with van der Waals surface area (Å²) in [6.07, 6.45) is 5.00. The van der Waals surface area contributed by atoms with Gasteiger partial charge in [-0.2, -0.15) is 4.98 Å². The van der Waals surface area contributed by atoms with Crippen molar-refractivity contribution >= 4 is 11.8 Å². The van der Waals surface area contributed by atoms with Crippen molar-refractivity contribution in [3.63, 3.8) is 0 Å². The fraction of sp³-hybridized carbons (Fsp3) is 0.667. The first kappa shape index (κ1) is 12.1. The van der Waals surface area contributed by atoms with Crippen molar-refractivity contribution in [3.05, 3.63) is 11.8 Å². The molecule has 1 saturated heterocycles. The van der Waals surface area contributed by atoms with E-state index in [-0.39, 0.29) is 0 Å². The van der Waals surface area contributed by atoms with E-state index in [9.17, 15) is 0 Å². The zero-order chi connectivity index (χ0) is 12.1. The molecule has 0 aliphatic carbocycles. The van der Waals surface area contributed by atoms with Gasteiger partial charge in [-0.15, -0.1) is 0 Å². The van der Waals surface area contributed by atoms with E-state index in [1.54, 1.807) is 13.2 Å². The monoisotopic (exact) mass is 236 g/mol. The lowest BCUT2D eigenvalue weighted by Gasteiger charge is -2.20. The van der Waals surface area contributed by atoms with E-state index in [0.29, 0.717) is 12.4 Å². The molecule has 0 spiro atoms. The van der Waals surface area contributed by atoms with Crippen molar-refractivity contribution < 1.29 is 4.74 Å². The van der Waals surface area contributed by atoms with Crippen molar-refractivity contribution in [2.24, 2.45) is 0 Å². The first-order valence-electron chi connectivity index (χ1n) is 6.17. The molecule has 5 nitrogen and oxygen atoms in total. The average Bonchev–Trinajstić information content (AvgIpc) is 2.57. The second-order valence-electron chi connectivity index (χ2n) is 4.42. The number of hydrogen-bond donors (Lipinski definition) is 1. The van der Waals surface area contributed by atoms with Crippen LogP contribution in [0.2, 0.25) is 0 Å². The lowest BCUT2D eigenvalue weighted by Crippen LogP contribution is -2.26. The molecule has 5 heteroatoms. The molecule has 0 amide bonds. The molecular weight excluding hydrogens is 216 g/mol. The second kappa shape index (κ2) is 5.82. The maximum absolute atomic E-state index is 5.80. The molecule has 94 valence electrons. The SMILES string of the molecule is COCc1cc(N)nc(N2CCCCCC2)n1. The molecule has 1 fully saturated rings. The highest BCUT2D eigenvalue weighted by Gasteiger charge is 2.13. The Labute approximate surface area is 102 Å². The zero-order valence-corrected chi connectivity index (χ0v) is 10.4. The summed E-state index contributed by atoms with van der Waals surface area (Å²) < 4.78 is 5.09. The van der Waals surface area contributed by atoms with Gasteiger partial charge in [-0.05, 0) is 12.8 Å². The zero-order valence-electron chi connectivity index (χ0n) is 10.4. The molecule has 1 aromatic heterocycles. The molecule has 0 atom stereocenters. The predicted molar refractivity (Wildman–Crippen MR) is 67.8 cm³/mol. The number of aromatic nitrogens is 2. The summed E-state index contributed by atoms with van der Waals surface area (Å²) in [5, 5.41) is 0. The third kappa shape index (κ3) is 3.30. The van der Waals surface area contributed by atoms with Gasteiger partial charge in [0.15, 0.2) is 0 Å². The summed E-state index contributed by atoms with van der Waals surface area (Å²) in [6.45, 7) is 2.53. The molecule has 0 radical (unpaired) electrons. The molecule has 17 heavy (non-hydrogen) atoms. The van der Waals surface area contributed by atoms with Crippen LogP contribution in [0.5, 0.6) is 0 Å². The fourth-order valence-corrected chi connectivity index (χ4v) is 2.14. The normalized spacial score (nSPS) is 16.9. The van der Waals surface area contributed by atoms with Crippen LogP contribution in [0.3, 0.4) is 0 Å². The van der Waals surface area contributed by atoms with Gasteiger partial charge in [-0.25, -0.2) is 4.98 Å². The highest BCUT2D eigenvalue weighted by molar-refractivity contribution is 5.40. The number of nitrogen functional groups attached to an aromatic ring is 1. The summed E-state index contributed by atoms with van der Waals surface area (Å²) in [5.41, 5.74) is 6.65. The fourth-order valence-electron chi connectivity index (χ4n) is 2.14. The molecule has 1 aliphatic heterocycles. The molecule has 1 aromatic rings. The van der Waals surface area contributed by atoms with Gasteiger partial charge in [0.2, 0.25) is 5.95 Å². The van der Waals surface area contributed by atoms with Crippen LogP contribution in [0.4, 0.5) is 11.8 Å². The Balaban J connectivity index is 2.17. The Hall–Kier alpha value is -1.36. The van der Waals surface area contributed by atoms with Crippen molar-refractivity contribution in [1.29, 1.82) is 0 Å². The molecule has 0 aromatic carbocycles. The third-order valence-corrected chi connectivity index (χ3v) is 2.97. The molecular formula is C12H20N4O. The average molecular weight is 236 g/mol. The van der Waals surface area contributed by atoms with E-state index in [2.05, 4.69) is 14.9 Å². The topological polar surface area (TPSA) is 64.3 Å². The van der Waals surface area contributed by atoms with Crippen LogP contribution in [0.25, 0.3) is 0 Å². The minimum atomic E-state index is 0.480. The van der Waals surface area contributed by atoms with Gasteiger partial charge in [0, 0.05) is 26.3 Å². The number of hydrogen-bond acceptors (Lipinski definition) is 5. The van der Waals surface area contributed by atoms with Crippen LogP contribution in [-0.4, -0.2) is 30.2 Å². The van der Waals surface area contributed by atoms with Crippen LogP contribution in [0, 0.1) is 0 Å². The lowest BCUT2D eigenvalue weighted by atomic mass is 10.2. The Morgan fingerprint density at radius 3 is 2.59 bits per heavy atom. The largest absolute Gasteiger partial charge is 0.384 e. The van der Waals surface area contributed by atoms with Crippen LogP contribution in [-0.2, 0) is 11.3 Å². The Morgan fingerprint density at radius 1 is 1.24 bits per heavy atom. The minimum Gasteiger partial charge on any atom is -0.384 e. The highest BCUT2D eigenvalue weighted by Crippen LogP contribution is 2.17. The number of rotatable bonds is 3. The minimum absolute atomic E-state index is 0.480. The quantitative estimate of drug-likeness (QED) is 0.863. The smallest absolute Gasteiger partial charge is 0.227 e. The molecule has 0 saturated carbocycles. The van der Waals surface area contributed by atoms with E-state index in [4.69, 9.17) is 10.5 Å². The first-order chi connectivity index (χ1) is 8.29. The highest BCUT2D eigenvalue weighted by atomic mass is 16.5. The summed E-state index contributed by atoms with van der Waals surface area (Å²) in [7, 11) is 1.66. The lowest BCUT2D eigenvalue weighted by molar-refractivity contribution is 0.181. The van der Waals surface area contributed by atoms with Crippen molar-refractivity contribution in [2.75, 3.05) is 30.8 Å². The van der Waals surface area contributed by atoms with E-state index in [1.165, 1.54) is 25.7 Å². The Kier molecular flexibility index (Phi) is 4.14. The summed E-state index contributed by atoms with van der Waals surface area (Å²) in [4.78, 5) is 11.0. The van der Waals surface area contributed by atoms with Gasteiger partial charge in [-0.3, -0.25) is 0 Å². The van der Waals surface area contributed by atoms with Crippen LogP contribution < -0.4 is 10.6 Å². The molecule has 0 bridgehead atoms. The number of nitrogens with two attached hydrogens (primary N) is 1. The summed E-state index contributed by atoms with van der Waals surface area (Å²) in [6, 6.07) is 1.77. The van der Waals surface area contributed by atoms with Crippen molar-refractivity contribution in [3.8, 4) is 0 Å². The molecule has 1 aliphatic rings. The van der Waals surface area contributed by atoms with Gasteiger partial charge >= 0.3 is 0 Å². The molecule has 2 heterocycles. The second-order valence-corrected chi connectivity index (χ2v) is 4.42. The van der Waals surface area contributed by atoms with E-state index in [1.807, 2.05) is 0 Å². The van der Waals surface area contributed by atoms with Gasteiger partial charge in [0.1, 0.15) is 5.82 Å². The van der Waals surface area contributed by atoms with Gasteiger partial charge < -0.3 is 15.4 Å². The number of methoxy groups -OCH3 is 1. The Morgan fingerprint density at radius 2 is 1.94 bits per heavy atom. The van der Waals surface area contributed by atoms with Gasteiger partial charge in [0.05, 0.1) is 12.3 Å². The van der Waals surface area contributed by atoms with Crippen LogP contribution >= 0.6 is 0 Å². The third-order valence-electron chi connectivity index (χ3n) is 2.97. The Bertz CT molecular complexity index is 362.